The van der Waals surface area contributed by atoms with Crippen LogP contribution in [0.3, 0.4) is 0 Å². The fourth-order valence-electron chi connectivity index (χ4n) is 1.88. The predicted molar refractivity (Wildman–Crippen MR) is 77.8 cm³/mol. The smallest absolute Gasteiger partial charge is 0.362 e. The maximum absolute atomic E-state index is 11.8. The number of rotatable bonds is 2. The molecule has 4 nitrogen and oxygen atoms in total. The van der Waals surface area contributed by atoms with Gasteiger partial charge in [0.25, 0.3) is 0 Å². The van der Waals surface area contributed by atoms with Gasteiger partial charge in [0.05, 0.1) is 0 Å². The van der Waals surface area contributed by atoms with Crippen LogP contribution in [0.25, 0.3) is 11.0 Å². The summed E-state index contributed by atoms with van der Waals surface area (Å²) in [5.74, 6) is 0.112. The van der Waals surface area contributed by atoms with Crippen molar-refractivity contribution in [2.45, 2.75) is 0 Å². The van der Waals surface area contributed by atoms with Gasteiger partial charge >= 0.3 is 5.63 Å². The number of phenols is 1. The standard InChI is InChI=1S/C16H11NO3/c18-14-7-3-1-6-12(14)10-17-13-9-11-5-2-4-8-15(11)20-16(13)19/h1-10,18H. The Bertz CT molecular complexity index is 849. The predicted octanol–water partition coefficient (Wildman–Crippen LogP) is 3.25. The lowest BCUT2D eigenvalue weighted by molar-refractivity contribution is 0.474. The molecule has 0 unspecified atom stereocenters. The molecule has 0 fully saturated rings. The van der Waals surface area contributed by atoms with Crippen molar-refractivity contribution in [1.29, 1.82) is 0 Å². The van der Waals surface area contributed by atoms with Gasteiger partial charge in [-0.1, -0.05) is 30.3 Å². The number of fused-ring (bicyclic) bond motifs is 1. The van der Waals surface area contributed by atoms with Gasteiger partial charge in [-0.25, -0.2) is 9.79 Å². The molecule has 0 amide bonds. The minimum absolute atomic E-state index is 0.112. The lowest BCUT2D eigenvalue weighted by Crippen LogP contribution is -1.97. The van der Waals surface area contributed by atoms with Crippen molar-refractivity contribution in [2.75, 3.05) is 0 Å². The molecule has 0 radical (unpaired) electrons. The van der Waals surface area contributed by atoms with E-state index >= 15 is 0 Å². The van der Waals surface area contributed by atoms with Crippen LogP contribution in [0.2, 0.25) is 0 Å². The van der Waals surface area contributed by atoms with E-state index in [9.17, 15) is 9.90 Å². The number of aliphatic imine (C=N–C) groups is 1. The number of nitrogens with zero attached hydrogens (tertiary/aromatic N) is 1. The van der Waals surface area contributed by atoms with Crippen LogP contribution < -0.4 is 5.63 Å². The molecule has 0 atom stereocenters. The Hall–Kier alpha value is -2.88. The molecule has 0 aliphatic rings. The van der Waals surface area contributed by atoms with E-state index in [0.29, 0.717) is 11.1 Å². The Morgan fingerprint density at radius 3 is 2.65 bits per heavy atom. The average Bonchev–Trinajstić information content (AvgIpc) is 2.46. The Kier molecular flexibility index (Phi) is 3.05. The summed E-state index contributed by atoms with van der Waals surface area (Å²) in [5.41, 5.74) is 0.765. The van der Waals surface area contributed by atoms with E-state index in [-0.39, 0.29) is 11.4 Å². The molecule has 20 heavy (non-hydrogen) atoms. The van der Waals surface area contributed by atoms with Crippen LogP contribution in [0.1, 0.15) is 5.56 Å². The molecule has 0 aliphatic heterocycles. The zero-order valence-corrected chi connectivity index (χ0v) is 10.5. The summed E-state index contributed by atoms with van der Waals surface area (Å²) in [6, 6.07) is 15.7. The lowest BCUT2D eigenvalue weighted by atomic mass is 10.2. The van der Waals surface area contributed by atoms with Gasteiger partial charge in [0, 0.05) is 17.2 Å². The zero-order chi connectivity index (χ0) is 13.9. The molecule has 3 aromatic rings. The summed E-state index contributed by atoms with van der Waals surface area (Å²) in [6.07, 6.45) is 1.44. The van der Waals surface area contributed by atoms with Crippen molar-refractivity contribution in [2.24, 2.45) is 4.99 Å². The highest BCUT2D eigenvalue weighted by molar-refractivity contribution is 5.86. The number of para-hydroxylation sites is 2. The number of phenolic OH excluding ortho intramolecular Hbond substituents is 1. The van der Waals surface area contributed by atoms with Crippen molar-refractivity contribution < 1.29 is 9.52 Å². The first-order chi connectivity index (χ1) is 9.74. The normalized spacial score (nSPS) is 11.2. The number of hydrogen-bond acceptors (Lipinski definition) is 4. The van der Waals surface area contributed by atoms with Crippen LogP contribution >= 0.6 is 0 Å². The Morgan fingerprint density at radius 2 is 1.80 bits per heavy atom. The quantitative estimate of drug-likeness (QED) is 0.571. The fourth-order valence-corrected chi connectivity index (χ4v) is 1.88. The maximum Gasteiger partial charge on any atom is 0.362 e. The zero-order valence-electron chi connectivity index (χ0n) is 10.5. The Labute approximate surface area is 114 Å². The van der Waals surface area contributed by atoms with Crippen molar-refractivity contribution in [3.63, 3.8) is 0 Å². The molecule has 1 N–H and O–H groups in total. The van der Waals surface area contributed by atoms with Crippen LogP contribution in [0.5, 0.6) is 5.75 Å². The highest BCUT2D eigenvalue weighted by atomic mass is 16.4. The van der Waals surface area contributed by atoms with Gasteiger partial charge in [-0.3, -0.25) is 0 Å². The van der Waals surface area contributed by atoms with Gasteiger partial charge < -0.3 is 9.52 Å². The third-order valence-electron chi connectivity index (χ3n) is 2.90. The molecule has 1 heterocycles. The second-order valence-corrected chi connectivity index (χ2v) is 4.27. The van der Waals surface area contributed by atoms with E-state index in [1.165, 1.54) is 6.21 Å². The first-order valence-electron chi connectivity index (χ1n) is 6.09. The molecule has 0 aliphatic carbocycles. The molecule has 4 heteroatoms. The highest BCUT2D eigenvalue weighted by Gasteiger charge is 2.03. The summed E-state index contributed by atoms with van der Waals surface area (Å²) in [7, 11) is 0. The largest absolute Gasteiger partial charge is 0.507 e. The number of benzene rings is 2. The average molecular weight is 265 g/mol. The molecule has 0 bridgehead atoms. The van der Waals surface area contributed by atoms with E-state index in [2.05, 4.69) is 4.99 Å². The minimum atomic E-state index is -0.504. The van der Waals surface area contributed by atoms with Gasteiger partial charge in [-0.15, -0.1) is 0 Å². The van der Waals surface area contributed by atoms with Crippen LogP contribution in [-0.2, 0) is 0 Å². The highest BCUT2D eigenvalue weighted by Crippen LogP contribution is 2.18. The lowest BCUT2D eigenvalue weighted by Gasteiger charge is -1.98. The molecule has 98 valence electrons. The van der Waals surface area contributed by atoms with Crippen LogP contribution in [-0.4, -0.2) is 11.3 Å². The molecule has 1 aromatic heterocycles. The van der Waals surface area contributed by atoms with E-state index < -0.39 is 5.63 Å². The van der Waals surface area contributed by atoms with Crippen LogP contribution in [0.4, 0.5) is 5.69 Å². The molecular weight excluding hydrogens is 254 g/mol. The van der Waals surface area contributed by atoms with E-state index in [0.717, 1.165) is 5.39 Å². The van der Waals surface area contributed by atoms with Gasteiger partial charge in [0.15, 0.2) is 0 Å². The first-order valence-corrected chi connectivity index (χ1v) is 6.09. The van der Waals surface area contributed by atoms with E-state index in [1.54, 1.807) is 42.5 Å². The van der Waals surface area contributed by atoms with E-state index in [1.807, 2.05) is 12.1 Å². The van der Waals surface area contributed by atoms with Crippen molar-refractivity contribution in [3.05, 3.63) is 70.6 Å². The molecule has 0 saturated carbocycles. The van der Waals surface area contributed by atoms with Crippen LogP contribution in [0, 0.1) is 0 Å². The molecule has 0 saturated heterocycles. The maximum atomic E-state index is 11.8. The topological polar surface area (TPSA) is 62.8 Å². The van der Waals surface area contributed by atoms with Gasteiger partial charge in [-0.05, 0) is 24.3 Å². The molecule has 3 rings (SSSR count). The van der Waals surface area contributed by atoms with Gasteiger partial charge in [0.1, 0.15) is 17.0 Å². The number of aromatic hydroxyl groups is 1. The summed E-state index contributed by atoms with van der Waals surface area (Å²) in [4.78, 5) is 15.9. The SMILES string of the molecule is O=c1oc2ccccc2cc1N=Cc1ccccc1O. The van der Waals surface area contributed by atoms with E-state index in [4.69, 9.17) is 4.42 Å². The molecule has 2 aromatic carbocycles. The number of hydrogen-bond donors (Lipinski definition) is 1. The third kappa shape index (κ3) is 2.31. The van der Waals surface area contributed by atoms with Gasteiger partial charge in [0.2, 0.25) is 0 Å². The summed E-state index contributed by atoms with van der Waals surface area (Å²) in [5, 5.41) is 10.4. The second kappa shape index (κ2) is 5.01. The molecular formula is C16H11NO3. The van der Waals surface area contributed by atoms with Crippen LogP contribution in [0.15, 0.2) is 68.8 Å². The molecule has 0 spiro atoms. The summed E-state index contributed by atoms with van der Waals surface area (Å²) >= 11 is 0. The summed E-state index contributed by atoms with van der Waals surface area (Å²) in [6.45, 7) is 0. The Balaban J connectivity index is 2.05. The fraction of sp³-hybridized carbons (Fsp3) is 0. The van der Waals surface area contributed by atoms with Gasteiger partial charge in [-0.2, -0.15) is 0 Å². The van der Waals surface area contributed by atoms with Crippen molar-refractivity contribution >= 4 is 22.9 Å². The first kappa shape index (κ1) is 12.2. The minimum Gasteiger partial charge on any atom is -0.507 e. The second-order valence-electron chi connectivity index (χ2n) is 4.27. The summed E-state index contributed by atoms with van der Waals surface area (Å²) < 4.78 is 5.18. The third-order valence-corrected chi connectivity index (χ3v) is 2.90. The monoisotopic (exact) mass is 265 g/mol. The Morgan fingerprint density at radius 1 is 1.05 bits per heavy atom. The van der Waals surface area contributed by atoms with Crippen molar-refractivity contribution in [3.8, 4) is 5.75 Å². The van der Waals surface area contributed by atoms with Crippen molar-refractivity contribution in [1.82, 2.24) is 0 Å².